The normalized spacial score (nSPS) is 10.8. The van der Waals surface area contributed by atoms with Gasteiger partial charge in [0.15, 0.2) is 6.79 Å². The first-order chi connectivity index (χ1) is 14.3. The van der Waals surface area contributed by atoms with Crippen LogP contribution in [0.4, 0.5) is 0 Å². The first kappa shape index (κ1) is 21.1. The molecule has 1 heterocycles. The molecule has 0 aliphatic heterocycles. The van der Waals surface area contributed by atoms with Crippen molar-refractivity contribution in [3.05, 3.63) is 72.6 Å². The van der Waals surface area contributed by atoms with Crippen molar-refractivity contribution in [1.82, 2.24) is 4.98 Å². The summed E-state index contributed by atoms with van der Waals surface area (Å²) in [5, 5.41) is 0. The third-order valence-electron chi connectivity index (χ3n) is 5.11. The molecule has 3 aromatic rings. The third kappa shape index (κ3) is 6.43. The van der Waals surface area contributed by atoms with Crippen molar-refractivity contribution in [2.24, 2.45) is 0 Å². The number of hydrogen-bond donors (Lipinski definition) is 0. The van der Waals surface area contributed by atoms with E-state index in [4.69, 9.17) is 9.47 Å². The number of rotatable bonds is 11. The van der Waals surface area contributed by atoms with Crippen LogP contribution in [0.15, 0.2) is 66.9 Å². The lowest BCUT2D eigenvalue weighted by Gasteiger charge is -2.08. The Morgan fingerprint density at radius 2 is 1.28 bits per heavy atom. The van der Waals surface area contributed by atoms with Crippen LogP contribution in [0, 0.1) is 0 Å². The lowest BCUT2D eigenvalue weighted by Crippen LogP contribution is -1.98. The summed E-state index contributed by atoms with van der Waals surface area (Å²) < 4.78 is 10.4. The van der Waals surface area contributed by atoms with Crippen LogP contribution in [-0.4, -0.2) is 18.9 Å². The van der Waals surface area contributed by atoms with Crippen LogP contribution in [0.3, 0.4) is 0 Å². The maximum Gasteiger partial charge on any atom is 0.188 e. The van der Waals surface area contributed by atoms with Gasteiger partial charge in [-0.25, -0.2) is 0 Å². The summed E-state index contributed by atoms with van der Waals surface area (Å²) in [6.45, 7) is 2.52. The molecular weight excluding hydrogens is 358 g/mol. The van der Waals surface area contributed by atoms with E-state index in [2.05, 4.69) is 60.4 Å². The quantitative estimate of drug-likeness (QED) is 0.264. The highest BCUT2D eigenvalue weighted by Gasteiger charge is 2.03. The molecule has 0 atom stereocenters. The minimum absolute atomic E-state index is 0.264. The molecule has 1 aromatic heterocycles. The minimum Gasteiger partial charge on any atom is -0.468 e. The number of benzene rings is 2. The van der Waals surface area contributed by atoms with Gasteiger partial charge in [-0.15, -0.1) is 0 Å². The molecule has 0 N–H and O–H groups in total. The molecule has 0 fully saturated rings. The number of hydrogen-bond acceptors (Lipinski definition) is 3. The standard InChI is InChI=1S/C26H31NO2/c1-3-4-5-6-7-8-25-16-13-24(19-27-25)23-11-9-21(10-12-23)22-14-17-26(18-15-22)29-20-28-2/h9-19H,3-8,20H2,1-2H3. The number of methoxy groups -OCH3 is 1. The van der Waals surface area contributed by atoms with Gasteiger partial charge in [-0.05, 0) is 47.7 Å². The SMILES string of the molecule is CCCCCCCc1ccc(-c2ccc(-c3ccc(OCOC)cc3)cc2)cn1. The molecule has 0 aliphatic rings. The van der Waals surface area contributed by atoms with Crippen molar-refractivity contribution in [1.29, 1.82) is 0 Å². The van der Waals surface area contributed by atoms with Gasteiger partial charge in [0.05, 0.1) is 0 Å². The molecule has 2 aromatic carbocycles. The van der Waals surface area contributed by atoms with Gasteiger partial charge in [-0.1, -0.05) is 75.1 Å². The highest BCUT2D eigenvalue weighted by atomic mass is 16.7. The zero-order valence-electron chi connectivity index (χ0n) is 17.6. The fourth-order valence-electron chi connectivity index (χ4n) is 3.38. The molecule has 0 bridgehead atoms. The Morgan fingerprint density at radius 3 is 1.86 bits per heavy atom. The summed E-state index contributed by atoms with van der Waals surface area (Å²) in [4.78, 5) is 4.66. The number of nitrogens with zero attached hydrogens (tertiary/aromatic N) is 1. The molecule has 29 heavy (non-hydrogen) atoms. The molecule has 152 valence electrons. The summed E-state index contributed by atoms with van der Waals surface area (Å²) in [5.74, 6) is 0.809. The van der Waals surface area contributed by atoms with Crippen LogP contribution >= 0.6 is 0 Å². The van der Waals surface area contributed by atoms with Crippen LogP contribution in [0.25, 0.3) is 22.3 Å². The van der Waals surface area contributed by atoms with Gasteiger partial charge < -0.3 is 9.47 Å². The summed E-state index contributed by atoms with van der Waals surface area (Å²) >= 11 is 0. The highest BCUT2D eigenvalue weighted by molar-refractivity contribution is 5.70. The van der Waals surface area contributed by atoms with Crippen LogP contribution in [0.2, 0.25) is 0 Å². The van der Waals surface area contributed by atoms with Gasteiger partial charge >= 0.3 is 0 Å². The smallest absolute Gasteiger partial charge is 0.188 e. The second-order valence-corrected chi connectivity index (χ2v) is 7.36. The summed E-state index contributed by atoms with van der Waals surface area (Å²) in [6, 6.07) is 21.0. The van der Waals surface area contributed by atoms with Crippen LogP contribution in [-0.2, 0) is 11.2 Å². The maximum atomic E-state index is 5.45. The Labute approximate surface area is 174 Å². The topological polar surface area (TPSA) is 31.4 Å². The Bertz CT molecular complexity index is 839. The van der Waals surface area contributed by atoms with E-state index in [9.17, 15) is 0 Å². The number of ether oxygens (including phenoxy) is 2. The van der Waals surface area contributed by atoms with Crippen molar-refractivity contribution >= 4 is 0 Å². The second-order valence-electron chi connectivity index (χ2n) is 7.36. The minimum atomic E-state index is 0.264. The Hall–Kier alpha value is -2.65. The first-order valence-corrected chi connectivity index (χ1v) is 10.6. The van der Waals surface area contributed by atoms with Crippen LogP contribution in [0.5, 0.6) is 5.75 Å². The fraction of sp³-hybridized carbons (Fsp3) is 0.346. The number of pyridine rings is 1. The Kier molecular flexibility index (Phi) is 8.26. The van der Waals surface area contributed by atoms with Crippen molar-refractivity contribution < 1.29 is 9.47 Å². The Balaban J connectivity index is 1.58. The predicted molar refractivity (Wildman–Crippen MR) is 120 cm³/mol. The molecule has 0 spiro atoms. The van der Waals surface area contributed by atoms with Gasteiger partial charge in [-0.2, -0.15) is 0 Å². The Morgan fingerprint density at radius 1 is 0.690 bits per heavy atom. The molecule has 0 radical (unpaired) electrons. The summed E-state index contributed by atoms with van der Waals surface area (Å²) in [5.41, 5.74) is 5.89. The molecule has 0 saturated heterocycles. The maximum absolute atomic E-state index is 5.45. The van der Waals surface area contributed by atoms with Gasteiger partial charge in [0.2, 0.25) is 0 Å². The monoisotopic (exact) mass is 389 g/mol. The van der Waals surface area contributed by atoms with Crippen LogP contribution in [0.1, 0.15) is 44.7 Å². The lowest BCUT2D eigenvalue weighted by molar-refractivity contribution is 0.0511. The third-order valence-corrected chi connectivity index (χ3v) is 5.11. The molecule has 3 heteroatoms. The fourth-order valence-corrected chi connectivity index (χ4v) is 3.38. The molecule has 0 saturated carbocycles. The second kappa shape index (κ2) is 11.4. The molecular formula is C26H31NO2. The van der Waals surface area contributed by atoms with Gasteiger partial charge in [0, 0.05) is 24.6 Å². The van der Waals surface area contributed by atoms with Crippen molar-refractivity contribution in [3.8, 4) is 28.0 Å². The van der Waals surface area contributed by atoms with Gasteiger partial charge in [0.1, 0.15) is 5.75 Å². The predicted octanol–water partition coefficient (Wildman–Crippen LogP) is 6.91. The summed E-state index contributed by atoms with van der Waals surface area (Å²) in [6.07, 6.45) is 9.58. The van der Waals surface area contributed by atoms with E-state index < -0.39 is 0 Å². The van der Waals surface area contributed by atoms with Crippen molar-refractivity contribution in [2.75, 3.05) is 13.9 Å². The number of aryl methyl sites for hydroxylation is 1. The first-order valence-electron chi connectivity index (χ1n) is 10.6. The van der Waals surface area contributed by atoms with E-state index in [1.807, 2.05) is 18.3 Å². The number of aromatic nitrogens is 1. The van der Waals surface area contributed by atoms with Crippen LogP contribution < -0.4 is 4.74 Å². The van der Waals surface area contributed by atoms with E-state index >= 15 is 0 Å². The van der Waals surface area contributed by atoms with E-state index in [-0.39, 0.29) is 6.79 Å². The van der Waals surface area contributed by atoms with E-state index in [0.29, 0.717) is 0 Å². The average Bonchev–Trinajstić information content (AvgIpc) is 2.78. The van der Waals surface area contributed by atoms with Crippen molar-refractivity contribution in [2.45, 2.75) is 45.4 Å². The lowest BCUT2D eigenvalue weighted by atomic mass is 10.0. The van der Waals surface area contributed by atoms with E-state index in [1.54, 1.807) is 7.11 Å². The molecule has 3 nitrogen and oxygen atoms in total. The van der Waals surface area contributed by atoms with Gasteiger partial charge in [-0.3, -0.25) is 4.98 Å². The van der Waals surface area contributed by atoms with E-state index in [1.165, 1.54) is 48.9 Å². The molecule has 0 amide bonds. The average molecular weight is 390 g/mol. The summed E-state index contributed by atoms with van der Waals surface area (Å²) in [7, 11) is 1.62. The molecule has 0 unspecified atom stereocenters. The number of unbranched alkanes of at least 4 members (excludes halogenated alkanes) is 4. The molecule has 3 rings (SSSR count). The van der Waals surface area contributed by atoms with E-state index in [0.717, 1.165) is 23.3 Å². The van der Waals surface area contributed by atoms with Crippen molar-refractivity contribution in [3.63, 3.8) is 0 Å². The highest BCUT2D eigenvalue weighted by Crippen LogP contribution is 2.26. The molecule has 0 aliphatic carbocycles. The largest absolute Gasteiger partial charge is 0.468 e. The van der Waals surface area contributed by atoms with Gasteiger partial charge in [0.25, 0.3) is 0 Å². The zero-order chi connectivity index (χ0) is 20.3. The zero-order valence-corrected chi connectivity index (χ0v) is 17.6.